The molecule has 0 atom stereocenters. The van der Waals surface area contributed by atoms with Gasteiger partial charge in [-0.25, -0.2) is 4.39 Å². The van der Waals surface area contributed by atoms with Gasteiger partial charge in [0.25, 0.3) is 5.91 Å². The summed E-state index contributed by atoms with van der Waals surface area (Å²) in [5.74, 6) is -0.879. The highest BCUT2D eigenvalue weighted by atomic mass is 79.9. The first kappa shape index (κ1) is 13.5. The molecule has 1 saturated carbocycles. The molecule has 1 aromatic rings. The van der Waals surface area contributed by atoms with Crippen LogP contribution in [0, 0.1) is 5.82 Å². The lowest BCUT2D eigenvalue weighted by atomic mass is 9.91. The molecule has 1 aliphatic carbocycles. The number of aliphatic hydroxyl groups excluding tert-OH is 1. The van der Waals surface area contributed by atoms with Crippen LogP contribution in [0.15, 0.2) is 22.7 Å². The summed E-state index contributed by atoms with van der Waals surface area (Å²) in [5.41, 5.74) is 0.0536. The molecule has 1 aromatic carbocycles. The molecule has 0 saturated heterocycles. The zero-order chi connectivity index (χ0) is 13.1. The largest absolute Gasteiger partial charge is 0.395 e. The van der Waals surface area contributed by atoms with Gasteiger partial charge in [0.1, 0.15) is 5.82 Å². The van der Waals surface area contributed by atoms with Crippen LogP contribution < -0.4 is 0 Å². The maximum absolute atomic E-state index is 13.7. The van der Waals surface area contributed by atoms with Crippen LogP contribution in [0.4, 0.5) is 4.39 Å². The first-order valence-corrected chi connectivity index (χ1v) is 6.80. The molecule has 5 heteroatoms. The minimum atomic E-state index is -0.531. The van der Waals surface area contributed by atoms with Crippen molar-refractivity contribution in [1.82, 2.24) is 4.90 Å². The van der Waals surface area contributed by atoms with Crippen molar-refractivity contribution in [1.29, 1.82) is 0 Å². The van der Waals surface area contributed by atoms with Gasteiger partial charge in [-0.1, -0.05) is 6.07 Å². The maximum Gasteiger partial charge on any atom is 0.258 e. The summed E-state index contributed by atoms with van der Waals surface area (Å²) in [5, 5.41) is 9.04. The van der Waals surface area contributed by atoms with Gasteiger partial charge in [-0.05, 0) is 47.3 Å². The van der Waals surface area contributed by atoms with Crippen molar-refractivity contribution in [2.24, 2.45) is 0 Å². The molecular formula is C13H15BrFNO2. The van der Waals surface area contributed by atoms with Crippen molar-refractivity contribution in [2.75, 3.05) is 13.2 Å². The number of hydrogen-bond acceptors (Lipinski definition) is 2. The van der Waals surface area contributed by atoms with Gasteiger partial charge in [0.2, 0.25) is 0 Å². The van der Waals surface area contributed by atoms with Crippen LogP contribution in [0.1, 0.15) is 29.6 Å². The summed E-state index contributed by atoms with van der Waals surface area (Å²) in [6, 6.07) is 4.61. The predicted octanol–water partition coefficient (Wildman–Crippen LogP) is 2.58. The van der Waals surface area contributed by atoms with Crippen molar-refractivity contribution in [3.05, 3.63) is 34.1 Å². The molecule has 1 N–H and O–H groups in total. The molecule has 0 radical (unpaired) electrons. The van der Waals surface area contributed by atoms with E-state index in [0.29, 0.717) is 4.47 Å². The summed E-state index contributed by atoms with van der Waals surface area (Å²) in [4.78, 5) is 13.9. The minimum Gasteiger partial charge on any atom is -0.395 e. The Morgan fingerprint density at radius 2 is 2.22 bits per heavy atom. The third kappa shape index (κ3) is 2.57. The lowest BCUT2D eigenvalue weighted by molar-refractivity contribution is 0.0520. The number of amides is 1. The molecule has 0 unspecified atom stereocenters. The van der Waals surface area contributed by atoms with E-state index < -0.39 is 5.82 Å². The van der Waals surface area contributed by atoms with Gasteiger partial charge in [0, 0.05) is 17.1 Å². The van der Waals surface area contributed by atoms with Crippen LogP contribution in [-0.4, -0.2) is 35.1 Å². The van der Waals surface area contributed by atoms with Crippen molar-refractivity contribution >= 4 is 21.8 Å². The number of rotatable bonds is 4. The smallest absolute Gasteiger partial charge is 0.258 e. The fraction of sp³-hybridized carbons (Fsp3) is 0.462. The van der Waals surface area contributed by atoms with E-state index in [0.717, 1.165) is 19.3 Å². The molecule has 0 spiro atoms. The zero-order valence-corrected chi connectivity index (χ0v) is 11.5. The number of aliphatic hydroxyl groups is 1. The average molecular weight is 316 g/mol. The number of carbonyl (C=O) groups is 1. The molecule has 0 heterocycles. The van der Waals surface area contributed by atoms with Gasteiger partial charge < -0.3 is 10.0 Å². The van der Waals surface area contributed by atoms with Crippen LogP contribution in [-0.2, 0) is 0 Å². The summed E-state index contributed by atoms with van der Waals surface area (Å²) in [6.45, 7) is 0.151. The quantitative estimate of drug-likeness (QED) is 0.927. The SMILES string of the molecule is O=C(c1c(F)cccc1Br)N(CCO)C1CCC1. The maximum atomic E-state index is 13.7. The second kappa shape index (κ2) is 5.80. The van der Waals surface area contributed by atoms with Gasteiger partial charge in [-0.15, -0.1) is 0 Å². The minimum absolute atomic E-state index is 0.0536. The molecule has 1 amide bonds. The number of carbonyl (C=O) groups excluding carboxylic acids is 1. The highest BCUT2D eigenvalue weighted by Crippen LogP contribution is 2.28. The van der Waals surface area contributed by atoms with Gasteiger partial charge >= 0.3 is 0 Å². The zero-order valence-electron chi connectivity index (χ0n) is 9.90. The molecule has 1 aliphatic rings. The molecule has 0 aromatic heterocycles. The van der Waals surface area contributed by atoms with E-state index in [1.807, 2.05) is 0 Å². The average Bonchev–Trinajstić information content (AvgIpc) is 2.25. The Morgan fingerprint density at radius 1 is 1.50 bits per heavy atom. The Labute approximate surface area is 114 Å². The van der Waals surface area contributed by atoms with Crippen molar-refractivity contribution in [3.63, 3.8) is 0 Å². The van der Waals surface area contributed by atoms with Gasteiger partial charge in [0.05, 0.1) is 12.2 Å². The topological polar surface area (TPSA) is 40.5 Å². The van der Waals surface area contributed by atoms with Crippen LogP contribution in [0.2, 0.25) is 0 Å². The number of nitrogens with zero attached hydrogens (tertiary/aromatic N) is 1. The van der Waals surface area contributed by atoms with Crippen molar-refractivity contribution in [3.8, 4) is 0 Å². The Kier molecular flexibility index (Phi) is 4.35. The number of halogens is 2. The molecule has 2 rings (SSSR count). The highest BCUT2D eigenvalue weighted by molar-refractivity contribution is 9.10. The normalized spacial score (nSPS) is 15.3. The van der Waals surface area contributed by atoms with Crippen LogP contribution in [0.3, 0.4) is 0 Å². The Bertz CT molecular complexity index is 428. The number of hydrogen-bond donors (Lipinski definition) is 1. The Hall–Kier alpha value is -0.940. The van der Waals surface area contributed by atoms with E-state index in [4.69, 9.17) is 5.11 Å². The van der Waals surface area contributed by atoms with Crippen LogP contribution in [0.25, 0.3) is 0 Å². The first-order valence-electron chi connectivity index (χ1n) is 6.01. The van der Waals surface area contributed by atoms with Gasteiger partial charge in [-0.2, -0.15) is 0 Å². The standard InChI is InChI=1S/C13H15BrFNO2/c14-10-5-2-6-11(15)12(10)13(18)16(7-8-17)9-3-1-4-9/h2,5-6,9,17H,1,3-4,7-8H2. The molecule has 0 aliphatic heterocycles. The van der Waals surface area contributed by atoms with E-state index >= 15 is 0 Å². The summed E-state index contributed by atoms with van der Waals surface area (Å²) in [6.07, 6.45) is 2.94. The molecule has 0 bridgehead atoms. The third-order valence-electron chi connectivity index (χ3n) is 3.29. The summed E-state index contributed by atoms with van der Waals surface area (Å²) < 4.78 is 14.2. The highest BCUT2D eigenvalue weighted by Gasteiger charge is 2.31. The fourth-order valence-electron chi connectivity index (χ4n) is 2.10. The van der Waals surface area contributed by atoms with Crippen LogP contribution in [0.5, 0.6) is 0 Å². The first-order chi connectivity index (χ1) is 8.65. The monoisotopic (exact) mass is 315 g/mol. The van der Waals surface area contributed by atoms with E-state index in [-0.39, 0.29) is 30.7 Å². The van der Waals surface area contributed by atoms with Crippen molar-refractivity contribution < 1.29 is 14.3 Å². The Balaban J connectivity index is 2.27. The van der Waals surface area contributed by atoms with E-state index in [2.05, 4.69) is 15.9 Å². The lowest BCUT2D eigenvalue weighted by Crippen LogP contribution is -2.46. The lowest BCUT2D eigenvalue weighted by Gasteiger charge is -2.37. The molecular weight excluding hydrogens is 301 g/mol. The van der Waals surface area contributed by atoms with E-state index in [9.17, 15) is 9.18 Å². The fourth-order valence-corrected chi connectivity index (χ4v) is 2.61. The Morgan fingerprint density at radius 3 is 2.72 bits per heavy atom. The van der Waals surface area contributed by atoms with E-state index in [1.54, 1.807) is 17.0 Å². The van der Waals surface area contributed by atoms with E-state index in [1.165, 1.54) is 6.07 Å². The third-order valence-corrected chi connectivity index (χ3v) is 3.95. The summed E-state index contributed by atoms with van der Waals surface area (Å²) >= 11 is 3.21. The van der Waals surface area contributed by atoms with Gasteiger partial charge in [-0.3, -0.25) is 4.79 Å². The molecule has 18 heavy (non-hydrogen) atoms. The molecule has 3 nitrogen and oxygen atoms in total. The molecule has 98 valence electrons. The van der Waals surface area contributed by atoms with Crippen molar-refractivity contribution in [2.45, 2.75) is 25.3 Å². The predicted molar refractivity (Wildman–Crippen MR) is 69.9 cm³/mol. The number of benzene rings is 1. The van der Waals surface area contributed by atoms with Gasteiger partial charge in [0.15, 0.2) is 0 Å². The van der Waals surface area contributed by atoms with Crippen LogP contribution >= 0.6 is 15.9 Å². The molecule has 1 fully saturated rings. The summed E-state index contributed by atoms with van der Waals surface area (Å²) in [7, 11) is 0. The second-order valence-corrected chi connectivity index (χ2v) is 5.26. The second-order valence-electron chi connectivity index (χ2n) is 4.40.